The fraction of sp³-hybridized carbons (Fsp3) is 0.360. The number of hydrogen-bond acceptors (Lipinski definition) is 5. The van der Waals surface area contributed by atoms with Crippen molar-refractivity contribution >= 4 is 5.97 Å². The summed E-state index contributed by atoms with van der Waals surface area (Å²) in [5.41, 5.74) is 1.20. The van der Waals surface area contributed by atoms with Crippen molar-refractivity contribution in [2.75, 3.05) is 6.54 Å². The van der Waals surface area contributed by atoms with E-state index in [4.69, 9.17) is 9.15 Å². The van der Waals surface area contributed by atoms with Crippen LogP contribution in [0.1, 0.15) is 41.8 Å². The van der Waals surface area contributed by atoms with Gasteiger partial charge in [-0.2, -0.15) is 13.2 Å². The summed E-state index contributed by atoms with van der Waals surface area (Å²) in [5, 5.41) is 9.48. The number of aliphatic carboxylic acids is 1. The van der Waals surface area contributed by atoms with Crippen LogP contribution in [0.5, 0.6) is 5.75 Å². The van der Waals surface area contributed by atoms with E-state index in [0.29, 0.717) is 35.7 Å². The van der Waals surface area contributed by atoms with Crippen LogP contribution in [0.3, 0.4) is 0 Å². The van der Waals surface area contributed by atoms with E-state index in [0.717, 1.165) is 37.1 Å². The van der Waals surface area contributed by atoms with E-state index >= 15 is 0 Å². The number of carbonyl (C=O) groups is 1. The smallest absolute Gasteiger partial charge is 0.416 e. The van der Waals surface area contributed by atoms with Gasteiger partial charge >= 0.3 is 12.1 Å². The summed E-state index contributed by atoms with van der Waals surface area (Å²) in [6.07, 6.45) is -1.85. The molecule has 0 saturated carbocycles. The van der Waals surface area contributed by atoms with Gasteiger partial charge in [-0.05, 0) is 68.3 Å². The molecule has 1 N–H and O–H groups in total. The molecule has 2 aromatic carbocycles. The molecule has 1 aliphatic heterocycles. The molecule has 0 aliphatic carbocycles. The average Bonchev–Trinajstić information content (AvgIpc) is 3.18. The van der Waals surface area contributed by atoms with E-state index in [2.05, 4.69) is 4.98 Å². The average molecular weight is 474 g/mol. The summed E-state index contributed by atoms with van der Waals surface area (Å²) in [6.45, 7) is 3.11. The zero-order valence-electron chi connectivity index (χ0n) is 18.6. The van der Waals surface area contributed by atoms with Crippen LogP contribution in [0.25, 0.3) is 11.5 Å². The van der Waals surface area contributed by atoms with Crippen molar-refractivity contribution in [1.29, 1.82) is 0 Å². The quantitative estimate of drug-likeness (QED) is 0.474. The molecule has 34 heavy (non-hydrogen) atoms. The summed E-state index contributed by atoms with van der Waals surface area (Å²) in [6, 6.07) is 11.6. The van der Waals surface area contributed by atoms with Crippen molar-refractivity contribution in [3.8, 4) is 17.2 Å². The number of likely N-dealkylation sites (tertiary alicyclic amines) is 1. The van der Waals surface area contributed by atoms with E-state index in [9.17, 15) is 23.1 Å². The number of aryl methyl sites for hydroxylation is 1. The maximum Gasteiger partial charge on any atom is 0.416 e. The Balaban J connectivity index is 1.41. The van der Waals surface area contributed by atoms with Gasteiger partial charge < -0.3 is 14.3 Å². The summed E-state index contributed by atoms with van der Waals surface area (Å²) in [4.78, 5) is 17.9. The summed E-state index contributed by atoms with van der Waals surface area (Å²) in [7, 11) is 0. The fourth-order valence-electron chi connectivity index (χ4n) is 4.07. The first kappa shape index (κ1) is 23.8. The van der Waals surface area contributed by atoms with E-state index in [1.54, 1.807) is 13.0 Å². The molecule has 6 nitrogen and oxygen atoms in total. The number of aromatic nitrogens is 1. The van der Waals surface area contributed by atoms with E-state index in [1.165, 1.54) is 12.1 Å². The lowest BCUT2D eigenvalue weighted by molar-refractivity contribution is -0.145. The first-order valence-electron chi connectivity index (χ1n) is 11.0. The van der Waals surface area contributed by atoms with Crippen molar-refractivity contribution in [3.05, 3.63) is 71.1 Å². The van der Waals surface area contributed by atoms with Crippen LogP contribution in [-0.2, 0) is 24.1 Å². The van der Waals surface area contributed by atoms with Crippen molar-refractivity contribution in [1.82, 2.24) is 9.88 Å². The topological polar surface area (TPSA) is 75.8 Å². The number of hydrogen-bond donors (Lipinski definition) is 1. The lowest BCUT2D eigenvalue weighted by atomic mass is 10.0. The number of rotatable bonds is 7. The molecule has 0 radical (unpaired) electrons. The number of nitrogens with zero attached hydrogens (tertiary/aromatic N) is 2. The van der Waals surface area contributed by atoms with Crippen LogP contribution >= 0.6 is 0 Å². The van der Waals surface area contributed by atoms with E-state index in [1.807, 2.05) is 23.1 Å². The number of carboxylic acid groups (broad SMARTS) is 1. The molecule has 9 heteroatoms. The second-order valence-corrected chi connectivity index (χ2v) is 8.35. The third-order valence-electron chi connectivity index (χ3n) is 5.91. The number of alkyl halides is 3. The Bertz CT molecular complexity index is 1140. The first-order chi connectivity index (χ1) is 16.2. The van der Waals surface area contributed by atoms with Gasteiger partial charge in [-0.3, -0.25) is 9.69 Å². The lowest BCUT2D eigenvalue weighted by Crippen LogP contribution is -2.43. The predicted octanol–water partition coefficient (Wildman–Crippen LogP) is 5.69. The van der Waals surface area contributed by atoms with Crippen LogP contribution < -0.4 is 4.74 Å². The highest BCUT2D eigenvalue weighted by molar-refractivity contribution is 5.73. The zero-order chi connectivity index (χ0) is 24.3. The monoisotopic (exact) mass is 474 g/mol. The summed E-state index contributed by atoms with van der Waals surface area (Å²) >= 11 is 0. The molecule has 0 amide bonds. The van der Waals surface area contributed by atoms with Gasteiger partial charge in [-0.1, -0.05) is 18.6 Å². The number of oxazole rings is 1. The molecule has 180 valence electrons. The molecule has 1 aliphatic rings. The maximum atomic E-state index is 12.8. The highest BCUT2D eigenvalue weighted by atomic mass is 19.4. The van der Waals surface area contributed by atoms with Gasteiger partial charge in [-0.25, -0.2) is 4.98 Å². The highest BCUT2D eigenvalue weighted by Crippen LogP contribution is 2.31. The third-order valence-corrected chi connectivity index (χ3v) is 5.91. The Labute approximate surface area is 195 Å². The zero-order valence-corrected chi connectivity index (χ0v) is 18.6. The minimum Gasteiger partial charge on any atom is -0.487 e. The molecule has 1 atom stereocenters. The first-order valence-corrected chi connectivity index (χ1v) is 11.0. The van der Waals surface area contributed by atoms with Crippen LogP contribution in [0.4, 0.5) is 13.2 Å². The van der Waals surface area contributed by atoms with Crippen molar-refractivity contribution in [3.63, 3.8) is 0 Å². The number of carboxylic acids is 1. The molecule has 1 saturated heterocycles. The molecule has 1 aromatic heterocycles. The van der Waals surface area contributed by atoms with Crippen LogP contribution in [-0.4, -0.2) is 33.5 Å². The van der Waals surface area contributed by atoms with E-state index in [-0.39, 0.29) is 12.5 Å². The molecule has 4 rings (SSSR count). The molecule has 0 unspecified atom stereocenters. The minimum atomic E-state index is -4.40. The second kappa shape index (κ2) is 9.89. The Kier molecular flexibility index (Phi) is 6.92. The van der Waals surface area contributed by atoms with Gasteiger partial charge in [-0.15, -0.1) is 0 Å². The molecular formula is C25H25F3N2O4. The summed E-state index contributed by atoms with van der Waals surface area (Å²) < 4.78 is 49.9. The largest absolute Gasteiger partial charge is 0.487 e. The summed E-state index contributed by atoms with van der Waals surface area (Å²) in [5.74, 6) is 0.560. The number of piperidine rings is 1. The lowest BCUT2D eigenvalue weighted by Gasteiger charge is -2.32. The van der Waals surface area contributed by atoms with Crippen molar-refractivity contribution < 1.29 is 32.2 Å². The molecule has 2 heterocycles. The molecular weight excluding hydrogens is 449 g/mol. The Morgan fingerprint density at radius 1 is 1.21 bits per heavy atom. The van der Waals surface area contributed by atoms with Crippen molar-refractivity contribution in [2.24, 2.45) is 0 Å². The maximum absolute atomic E-state index is 12.8. The minimum absolute atomic E-state index is 0.126. The normalized spacial score (nSPS) is 17.0. The molecule has 3 aromatic rings. The van der Waals surface area contributed by atoms with Crippen LogP contribution in [0.15, 0.2) is 52.9 Å². The van der Waals surface area contributed by atoms with E-state index < -0.39 is 23.8 Å². The number of ether oxygens (including phenoxy) is 1. The number of benzene rings is 2. The fourth-order valence-corrected chi connectivity index (χ4v) is 4.07. The highest BCUT2D eigenvalue weighted by Gasteiger charge is 2.30. The third kappa shape index (κ3) is 5.59. The van der Waals surface area contributed by atoms with Gasteiger partial charge in [0.1, 0.15) is 29.9 Å². The van der Waals surface area contributed by atoms with Gasteiger partial charge in [0.05, 0.1) is 5.56 Å². The Morgan fingerprint density at radius 3 is 2.68 bits per heavy atom. The number of halogens is 3. The Hall–Kier alpha value is -3.33. The molecule has 0 bridgehead atoms. The van der Waals surface area contributed by atoms with Crippen LogP contribution in [0, 0.1) is 6.92 Å². The molecule has 0 spiro atoms. The van der Waals surface area contributed by atoms with Crippen molar-refractivity contribution in [2.45, 2.75) is 51.6 Å². The SMILES string of the molecule is Cc1oc(-c2ccc(C(F)(F)F)cc2)nc1COc1cccc(CN2CCCC[C@@H]2C(=O)O)c1. The molecule has 1 fully saturated rings. The van der Waals surface area contributed by atoms with Gasteiger partial charge in [0.2, 0.25) is 5.89 Å². The van der Waals surface area contributed by atoms with Gasteiger partial charge in [0, 0.05) is 12.1 Å². The Morgan fingerprint density at radius 2 is 1.97 bits per heavy atom. The standard InChI is InChI=1S/C25H25F3N2O4/c1-16-21(29-23(34-16)18-8-10-19(11-9-18)25(26,27)28)15-33-20-6-4-5-17(13-20)14-30-12-3-2-7-22(30)24(31)32/h4-6,8-11,13,22H,2-3,7,12,14-15H2,1H3,(H,31,32)/t22-/m1/s1. The predicted molar refractivity (Wildman–Crippen MR) is 118 cm³/mol. The van der Waals surface area contributed by atoms with Crippen LogP contribution in [0.2, 0.25) is 0 Å². The van der Waals surface area contributed by atoms with Gasteiger partial charge in [0.25, 0.3) is 0 Å². The van der Waals surface area contributed by atoms with Gasteiger partial charge in [0.15, 0.2) is 0 Å². The second-order valence-electron chi connectivity index (χ2n) is 8.35.